The summed E-state index contributed by atoms with van der Waals surface area (Å²) in [5.74, 6) is -0.313. The maximum atomic E-state index is 11.9. The first-order valence-electron chi connectivity index (χ1n) is 7.65. The van der Waals surface area contributed by atoms with Gasteiger partial charge in [-0.2, -0.15) is 0 Å². The van der Waals surface area contributed by atoms with Gasteiger partial charge in [0.05, 0.1) is 11.4 Å². The van der Waals surface area contributed by atoms with E-state index in [2.05, 4.69) is 28.8 Å². The van der Waals surface area contributed by atoms with Gasteiger partial charge in [0.1, 0.15) is 6.04 Å². The number of hydrogen-bond donors (Lipinski definition) is 3. The zero-order chi connectivity index (χ0) is 16.5. The van der Waals surface area contributed by atoms with E-state index in [4.69, 9.17) is 0 Å². The molecule has 0 radical (unpaired) electrons. The molecule has 122 valence electrons. The average Bonchev–Trinajstić information content (AvgIpc) is 3.09. The summed E-state index contributed by atoms with van der Waals surface area (Å²) in [6.07, 6.45) is 0. The Morgan fingerprint density at radius 1 is 1.09 bits per heavy atom. The summed E-state index contributed by atoms with van der Waals surface area (Å²) in [5.41, 5.74) is 1.16. The molecule has 2 amide bonds. The number of amides is 2. The lowest BCUT2D eigenvalue weighted by Crippen LogP contribution is -2.87. The first-order valence-corrected chi connectivity index (χ1v) is 8.53. The molecule has 1 aromatic carbocycles. The Balaban J connectivity index is 1.92. The minimum Gasteiger partial charge on any atom is -0.355 e. The molecule has 1 aromatic heterocycles. The predicted octanol–water partition coefficient (Wildman–Crippen LogP) is 0.653. The molecule has 0 aliphatic rings. The van der Waals surface area contributed by atoms with Crippen molar-refractivity contribution >= 4 is 23.2 Å². The van der Waals surface area contributed by atoms with Gasteiger partial charge in [0.25, 0.3) is 5.91 Å². The van der Waals surface area contributed by atoms with Gasteiger partial charge in [0.15, 0.2) is 6.54 Å². The van der Waals surface area contributed by atoms with Crippen LogP contribution in [0.3, 0.4) is 0 Å². The maximum absolute atomic E-state index is 11.9. The minimum atomic E-state index is -0.168. The fourth-order valence-corrected chi connectivity index (χ4v) is 3.13. The number of rotatable bonds is 8. The molecular formula is C17H22N3O2S+. The van der Waals surface area contributed by atoms with Crippen molar-refractivity contribution in [3.05, 3.63) is 58.3 Å². The summed E-state index contributed by atoms with van der Waals surface area (Å²) in [4.78, 5) is 24.5. The second-order valence-electron chi connectivity index (χ2n) is 5.07. The van der Waals surface area contributed by atoms with Crippen molar-refractivity contribution in [3.8, 4) is 0 Å². The van der Waals surface area contributed by atoms with Gasteiger partial charge in [-0.3, -0.25) is 9.59 Å². The van der Waals surface area contributed by atoms with Crippen LogP contribution in [-0.4, -0.2) is 31.4 Å². The van der Waals surface area contributed by atoms with Crippen molar-refractivity contribution < 1.29 is 14.9 Å². The fraction of sp³-hybridized carbons (Fsp3) is 0.294. The van der Waals surface area contributed by atoms with Gasteiger partial charge in [0, 0.05) is 12.1 Å². The summed E-state index contributed by atoms with van der Waals surface area (Å²) < 4.78 is 0. The molecule has 2 rings (SSSR count). The molecule has 0 fully saturated rings. The summed E-state index contributed by atoms with van der Waals surface area (Å²) in [6.45, 7) is 2.71. The summed E-state index contributed by atoms with van der Waals surface area (Å²) in [5, 5.41) is 9.32. The fourth-order valence-electron chi connectivity index (χ4n) is 2.28. The number of nitrogens with two attached hydrogens (primary N) is 1. The van der Waals surface area contributed by atoms with E-state index in [1.165, 1.54) is 4.88 Å². The SMILES string of the molecule is CCNC(=O)CNC(=O)C[NH2+][C@@H](c1ccccc1)c1cccs1. The predicted molar refractivity (Wildman–Crippen MR) is 91.1 cm³/mol. The highest BCUT2D eigenvalue weighted by atomic mass is 32.1. The first kappa shape index (κ1) is 17.2. The van der Waals surface area contributed by atoms with E-state index < -0.39 is 0 Å². The number of quaternary nitrogens is 1. The number of hydrogen-bond acceptors (Lipinski definition) is 3. The lowest BCUT2D eigenvalue weighted by atomic mass is 10.1. The Kier molecular flexibility index (Phi) is 6.77. The largest absolute Gasteiger partial charge is 0.355 e. The van der Waals surface area contributed by atoms with Crippen molar-refractivity contribution in [2.75, 3.05) is 19.6 Å². The van der Waals surface area contributed by atoms with Crippen LogP contribution in [0.2, 0.25) is 0 Å². The van der Waals surface area contributed by atoms with Crippen LogP contribution in [0, 0.1) is 0 Å². The van der Waals surface area contributed by atoms with Crippen LogP contribution >= 0.6 is 11.3 Å². The van der Waals surface area contributed by atoms with Crippen LogP contribution in [0.1, 0.15) is 23.4 Å². The third-order valence-corrected chi connectivity index (χ3v) is 4.32. The van der Waals surface area contributed by atoms with Gasteiger partial charge in [-0.1, -0.05) is 36.4 Å². The molecule has 0 saturated heterocycles. The van der Waals surface area contributed by atoms with Crippen LogP contribution in [0.4, 0.5) is 0 Å². The zero-order valence-corrected chi connectivity index (χ0v) is 13.9. The Morgan fingerprint density at radius 2 is 1.87 bits per heavy atom. The quantitative estimate of drug-likeness (QED) is 0.664. The van der Waals surface area contributed by atoms with E-state index in [0.717, 1.165) is 5.56 Å². The van der Waals surface area contributed by atoms with Crippen LogP contribution < -0.4 is 16.0 Å². The van der Waals surface area contributed by atoms with E-state index in [1.807, 2.05) is 41.9 Å². The second kappa shape index (κ2) is 9.07. The van der Waals surface area contributed by atoms with Crippen LogP contribution in [0.5, 0.6) is 0 Å². The maximum Gasteiger partial charge on any atom is 0.275 e. The van der Waals surface area contributed by atoms with E-state index in [-0.39, 0.29) is 30.9 Å². The van der Waals surface area contributed by atoms with Crippen molar-refractivity contribution in [1.82, 2.24) is 10.6 Å². The summed E-state index contributed by atoms with van der Waals surface area (Å²) >= 11 is 1.68. The topological polar surface area (TPSA) is 74.8 Å². The van der Waals surface area contributed by atoms with Gasteiger partial charge in [-0.15, -0.1) is 11.3 Å². The Labute approximate surface area is 140 Å². The zero-order valence-electron chi connectivity index (χ0n) is 13.1. The molecule has 0 aliphatic heterocycles. The third kappa shape index (κ3) is 5.50. The first-order chi connectivity index (χ1) is 11.2. The molecule has 0 aliphatic carbocycles. The molecule has 2 aromatic rings. The molecule has 0 unspecified atom stereocenters. The number of carbonyl (C=O) groups excluding carboxylic acids is 2. The van der Waals surface area contributed by atoms with Crippen LogP contribution in [0.25, 0.3) is 0 Å². The van der Waals surface area contributed by atoms with Gasteiger partial charge in [-0.25, -0.2) is 0 Å². The van der Waals surface area contributed by atoms with Crippen LogP contribution in [0.15, 0.2) is 47.8 Å². The molecule has 4 N–H and O–H groups in total. The molecule has 6 heteroatoms. The van der Waals surface area contributed by atoms with Crippen molar-refractivity contribution in [1.29, 1.82) is 0 Å². The van der Waals surface area contributed by atoms with Gasteiger partial charge in [0.2, 0.25) is 5.91 Å². The van der Waals surface area contributed by atoms with E-state index >= 15 is 0 Å². The highest BCUT2D eigenvalue weighted by molar-refractivity contribution is 7.10. The summed E-state index contributed by atoms with van der Waals surface area (Å²) in [6, 6.07) is 14.3. The Bertz CT molecular complexity index is 614. The van der Waals surface area contributed by atoms with E-state index in [1.54, 1.807) is 11.3 Å². The Morgan fingerprint density at radius 3 is 2.52 bits per heavy atom. The lowest BCUT2D eigenvalue weighted by Gasteiger charge is -2.14. The molecule has 0 saturated carbocycles. The average molecular weight is 332 g/mol. The monoisotopic (exact) mass is 332 g/mol. The number of benzene rings is 1. The molecule has 0 bridgehead atoms. The second-order valence-corrected chi connectivity index (χ2v) is 6.05. The molecule has 23 heavy (non-hydrogen) atoms. The number of nitrogens with one attached hydrogen (secondary N) is 2. The van der Waals surface area contributed by atoms with Crippen molar-refractivity contribution in [2.24, 2.45) is 0 Å². The van der Waals surface area contributed by atoms with Crippen LogP contribution in [-0.2, 0) is 9.59 Å². The van der Waals surface area contributed by atoms with Gasteiger partial charge >= 0.3 is 0 Å². The molecule has 0 spiro atoms. The normalized spacial score (nSPS) is 11.7. The smallest absolute Gasteiger partial charge is 0.275 e. The minimum absolute atomic E-state index is 0.0233. The lowest BCUT2D eigenvalue weighted by molar-refractivity contribution is -0.676. The molecule has 5 nitrogen and oxygen atoms in total. The molecule has 1 heterocycles. The summed E-state index contributed by atoms with van der Waals surface area (Å²) in [7, 11) is 0. The number of likely N-dealkylation sites (N-methyl/N-ethyl adjacent to an activating group) is 1. The molecular weight excluding hydrogens is 310 g/mol. The molecule has 1 atom stereocenters. The third-order valence-electron chi connectivity index (χ3n) is 3.37. The number of carbonyl (C=O) groups is 2. The van der Waals surface area contributed by atoms with Crippen molar-refractivity contribution in [3.63, 3.8) is 0 Å². The number of thiophene rings is 1. The standard InChI is InChI=1S/C17H21N3O2S/c1-2-18-15(21)11-19-16(22)12-20-17(14-9-6-10-23-14)13-7-4-3-5-8-13/h3-10,17,20H,2,11-12H2,1H3,(H,18,21)(H,19,22)/p+1/t17-/m0/s1. The van der Waals surface area contributed by atoms with E-state index in [9.17, 15) is 9.59 Å². The highest BCUT2D eigenvalue weighted by Gasteiger charge is 2.19. The Hall–Kier alpha value is -2.18. The van der Waals surface area contributed by atoms with E-state index in [0.29, 0.717) is 6.54 Å². The van der Waals surface area contributed by atoms with Crippen molar-refractivity contribution in [2.45, 2.75) is 13.0 Å². The van der Waals surface area contributed by atoms with Gasteiger partial charge < -0.3 is 16.0 Å². The van der Waals surface area contributed by atoms with Gasteiger partial charge in [-0.05, 0) is 18.4 Å². The highest BCUT2D eigenvalue weighted by Crippen LogP contribution is 2.22.